The van der Waals surface area contributed by atoms with Crippen molar-refractivity contribution >= 4 is 39.5 Å². The molecule has 0 bridgehead atoms. The molecular weight excluding hydrogens is 336 g/mol. The molecule has 3 aliphatic heterocycles. The molecule has 1 aliphatic carbocycles. The number of hydrogen-bond donors (Lipinski definition) is 1. The molecule has 0 saturated heterocycles. The molecule has 24 heavy (non-hydrogen) atoms. The molecule has 1 aromatic carbocycles. The summed E-state index contributed by atoms with van der Waals surface area (Å²) in [5.41, 5.74) is 3.78. The number of nitrogens with one attached hydrogen (secondary N) is 1. The first-order valence-electron chi connectivity index (χ1n) is 8.64. The van der Waals surface area contributed by atoms with E-state index < -0.39 is 0 Å². The topological polar surface area (TPSA) is 40.0 Å². The first kappa shape index (κ1) is 14.9. The molecule has 4 aliphatic rings. The van der Waals surface area contributed by atoms with Gasteiger partial charge >= 0.3 is 0 Å². The van der Waals surface area contributed by atoms with E-state index in [1.54, 1.807) is 11.8 Å². The van der Waals surface area contributed by atoms with E-state index in [-0.39, 0.29) is 0 Å². The number of hydrogen-bond acceptors (Lipinski definition) is 6. The Kier molecular flexibility index (Phi) is 3.82. The molecule has 2 unspecified atom stereocenters. The largest absolute Gasteiger partial charge is 0.360 e. The third kappa shape index (κ3) is 2.56. The number of benzene rings is 1. The van der Waals surface area contributed by atoms with Gasteiger partial charge in [0.1, 0.15) is 0 Å². The van der Waals surface area contributed by atoms with Gasteiger partial charge in [0.05, 0.1) is 17.8 Å². The lowest BCUT2D eigenvalue weighted by atomic mass is 9.91. The molecule has 1 N–H and O–H groups in total. The molecule has 3 heterocycles. The highest BCUT2D eigenvalue weighted by atomic mass is 32.2. The summed E-state index contributed by atoms with van der Waals surface area (Å²) in [5, 5.41) is 7.99. The van der Waals surface area contributed by atoms with E-state index in [2.05, 4.69) is 39.9 Å². The number of para-hydroxylation sites is 1. The molecule has 1 saturated carbocycles. The molecular formula is C18H20N4S2. The molecule has 0 spiro atoms. The van der Waals surface area contributed by atoms with Crippen molar-refractivity contribution in [2.75, 3.05) is 5.75 Å². The van der Waals surface area contributed by atoms with Crippen molar-refractivity contribution in [3.63, 3.8) is 0 Å². The first-order valence-corrected chi connectivity index (χ1v) is 10.5. The van der Waals surface area contributed by atoms with Gasteiger partial charge in [0.15, 0.2) is 10.3 Å². The fourth-order valence-corrected chi connectivity index (χ4v) is 5.86. The van der Waals surface area contributed by atoms with Gasteiger partial charge in [-0.25, -0.2) is 4.99 Å². The fraction of sp³-hybridized carbons (Fsp3) is 0.444. The minimum absolute atomic E-state index is 0.534. The Balaban J connectivity index is 1.28. The van der Waals surface area contributed by atoms with E-state index in [1.165, 1.54) is 42.1 Å². The van der Waals surface area contributed by atoms with Gasteiger partial charge in [0.2, 0.25) is 0 Å². The Morgan fingerprint density at radius 1 is 1.25 bits per heavy atom. The Labute approximate surface area is 150 Å². The second-order valence-corrected chi connectivity index (χ2v) is 8.42. The van der Waals surface area contributed by atoms with Crippen molar-refractivity contribution < 1.29 is 0 Å². The number of rotatable bonds is 2. The first-order chi connectivity index (χ1) is 11.9. The highest BCUT2D eigenvalue weighted by molar-refractivity contribution is 8.17. The Bertz CT molecular complexity index is 755. The van der Waals surface area contributed by atoms with Crippen LogP contribution in [0, 0.1) is 0 Å². The lowest BCUT2D eigenvalue weighted by Gasteiger charge is -2.32. The smallest absolute Gasteiger partial charge is 0.168 e. The van der Waals surface area contributed by atoms with Gasteiger partial charge in [-0.05, 0) is 29.9 Å². The van der Waals surface area contributed by atoms with E-state index in [4.69, 9.17) is 9.98 Å². The maximum absolute atomic E-state index is 4.95. The minimum Gasteiger partial charge on any atom is -0.360 e. The van der Waals surface area contributed by atoms with E-state index >= 15 is 0 Å². The zero-order valence-electron chi connectivity index (χ0n) is 13.4. The van der Waals surface area contributed by atoms with Gasteiger partial charge in [-0.15, -0.1) is 0 Å². The van der Waals surface area contributed by atoms with Crippen molar-refractivity contribution in [1.82, 2.24) is 10.2 Å². The summed E-state index contributed by atoms with van der Waals surface area (Å²) in [6, 6.07) is 9.51. The zero-order valence-corrected chi connectivity index (χ0v) is 15.1. The standard InChI is InChI=1S/C18H20N4S2/c1-2-6-14-12(5-1)9-19-17(20-14)23-10-13-11-24-18-21-15-7-3-4-8-16(15)22(13)18/h1-2,5-6,11,15-16H,3-4,7-10H2,(H,19,20). The number of thioether (sulfide) groups is 2. The average Bonchev–Trinajstić information content (AvgIpc) is 3.19. The van der Waals surface area contributed by atoms with Crippen LogP contribution < -0.4 is 5.32 Å². The quantitative estimate of drug-likeness (QED) is 0.867. The maximum Gasteiger partial charge on any atom is 0.168 e. The zero-order chi connectivity index (χ0) is 15.9. The van der Waals surface area contributed by atoms with Crippen LogP contribution in [-0.2, 0) is 6.54 Å². The average molecular weight is 357 g/mol. The summed E-state index contributed by atoms with van der Waals surface area (Å²) < 4.78 is 0. The van der Waals surface area contributed by atoms with Crippen molar-refractivity contribution in [1.29, 1.82) is 0 Å². The Morgan fingerprint density at radius 2 is 2.17 bits per heavy atom. The summed E-state index contributed by atoms with van der Waals surface area (Å²) in [4.78, 5) is 12.2. The van der Waals surface area contributed by atoms with Gasteiger partial charge in [-0.3, -0.25) is 4.99 Å². The van der Waals surface area contributed by atoms with Gasteiger partial charge < -0.3 is 10.2 Å². The molecule has 2 atom stereocenters. The van der Waals surface area contributed by atoms with E-state index in [1.807, 2.05) is 11.8 Å². The summed E-state index contributed by atoms with van der Waals surface area (Å²) in [6.45, 7) is 0.872. The summed E-state index contributed by atoms with van der Waals surface area (Å²) in [7, 11) is 0. The highest BCUT2D eigenvalue weighted by Gasteiger charge is 2.41. The van der Waals surface area contributed by atoms with Crippen molar-refractivity contribution in [3.05, 3.63) is 40.9 Å². The van der Waals surface area contributed by atoms with Gasteiger partial charge in [-0.1, -0.05) is 54.6 Å². The summed E-state index contributed by atoms with van der Waals surface area (Å²) >= 11 is 3.61. The SMILES string of the molecule is C1=C(CSC2=Nc3ccccc3CN2)N2C(=NC3CCCCC32)S1. The molecule has 0 amide bonds. The predicted octanol–water partition coefficient (Wildman–Crippen LogP) is 4.08. The molecule has 5 rings (SSSR count). The molecule has 4 nitrogen and oxygen atoms in total. The van der Waals surface area contributed by atoms with Crippen molar-refractivity contribution in [2.24, 2.45) is 9.98 Å². The maximum atomic E-state index is 4.95. The van der Waals surface area contributed by atoms with E-state index in [0.29, 0.717) is 12.1 Å². The number of amidine groups is 2. The van der Waals surface area contributed by atoms with Gasteiger partial charge in [0.25, 0.3) is 0 Å². The Morgan fingerprint density at radius 3 is 3.17 bits per heavy atom. The van der Waals surface area contributed by atoms with E-state index in [9.17, 15) is 0 Å². The fourth-order valence-electron chi connectivity index (χ4n) is 3.91. The predicted molar refractivity (Wildman–Crippen MR) is 104 cm³/mol. The molecule has 0 radical (unpaired) electrons. The van der Waals surface area contributed by atoms with Crippen molar-refractivity contribution in [3.8, 4) is 0 Å². The third-order valence-corrected chi connectivity index (χ3v) is 6.97. The number of fused-ring (bicyclic) bond motifs is 4. The normalized spacial score (nSPS) is 27.5. The second kappa shape index (κ2) is 6.15. The lowest BCUT2D eigenvalue weighted by Crippen LogP contribution is -2.39. The Hall–Kier alpha value is -1.40. The monoisotopic (exact) mass is 356 g/mol. The van der Waals surface area contributed by atoms with Crippen LogP contribution in [0.3, 0.4) is 0 Å². The summed E-state index contributed by atoms with van der Waals surface area (Å²) in [6.07, 6.45) is 5.23. The van der Waals surface area contributed by atoms with Crippen LogP contribution in [0.1, 0.15) is 31.2 Å². The van der Waals surface area contributed by atoms with Gasteiger partial charge in [0, 0.05) is 18.0 Å². The molecule has 1 fully saturated rings. The molecule has 0 aromatic heterocycles. The third-order valence-electron chi connectivity index (χ3n) is 5.12. The highest BCUT2D eigenvalue weighted by Crippen LogP contribution is 2.41. The van der Waals surface area contributed by atoms with Crippen LogP contribution in [0.25, 0.3) is 0 Å². The van der Waals surface area contributed by atoms with Crippen LogP contribution in [0.5, 0.6) is 0 Å². The van der Waals surface area contributed by atoms with Gasteiger partial charge in [-0.2, -0.15) is 0 Å². The molecule has 1 aromatic rings. The van der Waals surface area contributed by atoms with Crippen molar-refractivity contribution in [2.45, 2.75) is 44.3 Å². The van der Waals surface area contributed by atoms with Crippen LogP contribution in [0.4, 0.5) is 5.69 Å². The number of nitrogens with zero attached hydrogens (tertiary/aromatic N) is 3. The molecule has 6 heteroatoms. The van der Waals surface area contributed by atoms with E-state index in [0.717, 1.165) is 23.2 Å². The van der Waals surface area contributed by atoms with Crippen LogP contribution in [-0.4, -0.2) is 33.1 Å². The summed E-state index contributed by atoms with van der Waals surface area (Å²) in [5.74, 6) is 0.962. The lowest BCUT2D eigenvalue weighted by molar-refractivity contribution is 0.285. The second-order valence-electron chi connectivity index (χ2n) is 6.62. The van der Waals surface area contributed by atoms with Crippen LogP contribution >= 0.6 is 23.5 Å². The minimum atomic E-state index is 0.534. The van der Waals surface area contributed by atoms with Crippen LogP contribution in [0.2, 0.25) is 0 Å². The number of aliphatic imine (C=N–C) groups is 2. The molecule has 124 valence electrons. The van der Waals surface area contributed by atoms with Crippen LogP contribution in [0.15, 0.2) is 45.4 Å².